The Balaban J connectivity index is 1.93. The first-order chi connectivity index (χ1) is 14.9. The van der Waals surface area contributed by atoms with E-state index in [-0.39, 0.29) is 23.2 Å². The highest BCUT2D eigenvalue weighted by molar-refractivity contribution is 8.18. The minimum absolute atomic E-state index is 0.0588. The van der Waals surface area contributed by atoms with Crippen molar-refractivity contribution >= 4 is 40.5 Å². The number of nitrogens with zero attached hydrogens (tertiary/aromatic N) is 2. The molecule has 0 aliphatic carbocycles. The normalized spacial score (nSPS) is 16.1. The van der Waals surface area contributed by atoms with Gasteiger partial charge in [-0.3, -0.25) is 9.69 Å². The first-order valence-corrected chi connectivity index (χ1v) is 10.1. The number of ether oxygens (including phenoxy) is 2. The van der Waals surface area contributed by atoms with Crippen LogP contribution in [0.1, 0.15) is 22.8 Å². The summed E-state index contributed by atoms with van der Waals surface area (Å²) in [6, 6.07) is 12.4. The van der Waals surface area contributed by atoms with Gasteiger partial charge in [-0.05, 0) is 49.0 Å². The van der Waals surface area contributed by atoms with E-state index < -0.39 is 23.7 Å². The van der Waals surface area contributed by atoms with Gasteiger partial charge < -0.3 is 9.47 Å². The van der Waals surface area contributed by atoms with Gasteiger partial charge in [-0.15, -0.1) is 0 Å². The van der Waals surface area contributed by atoms with Gasteiger partial charge in [-0.2, -0.15) is 0 Å². The zero-order valence-electron chi connectivity index (χ0n) is 16.8. The minimum Gasteiger partial charge on any atom is -0.466 e. The third kappa shape index (κ3) is 5.37. The van der Waals surface area contributed by atoms with Gasteiger partial charge in [0.15, 0.2) is 5.17 Å². The van der Waals surface area contributed by atoms with Crippen LogP contribution >= 0.6 is 11.8 Å². The van der Waals surface area contributed by atoms with Gasteiger partial charge in [0.2, 0.25) is 0 Å². The molecule has 1 heterocycles. The molecule has 1 aliphatic heterocycles. The van der Waals surface area contributed by atoms with Crippen LogP contribution in [-0.2, 0) is 25.6 Å². The molecule has 0 N–H and O–H groups in total. The Morgan fingerprint density at radius 2 is 1.87 bits per heavy atom. The molecule has 0 unspecified atom stereocenters. The van der Waals surface area contributed by atoms with E-state index in [1.54, 1.807) is 49.4 Å². The molecule has 0 radical (unpaired) electrons. The number of amidine groups is 1. The molecule has 9 heteroatoms. The molecule has 1 aliphatic rings. The summed E-state index contributed by atoms with van der Waals surface area (Å²) in [7, 11) is 1.21. The number of rotatable bonds is 6. The Hall–Kier alpha value is -3.46. The van der Waals surface area contributed by atoms with Gasteiger partial charge in [-0.1, -0.05) is 18.2 Å². The third-order valence-corrected chi connectivity index (χ3v) is 5.23. The highest BCUT2D eigenvalue weighted by Gasteiger charge is 2.34. The van der Waals surface area contributed by atoms with Crippen LogP contribution < -0.4 is 0 Å². The van der Waals surface area contributed by atoms with E-state index >= 15 is 0 Å². The molecule has 1 amide bonds. The highest BCUT2D eigenvalue weighted by atomic mass is 32.2. The maximum absolute atomic E-state index is 14.2. The average molecular weight is 442 g/mol. The molecule has 1 fully saturated rings. The minimum atomic E-state index is -0.679. The topological polar surface area (TPSA) is 85.3 Å². The average Bonchev–Trinajstić information content (AvgIpc) is 3.04. The van der Waals surface area contributed by atoms with Crippen LogP contribution in [0, 0.1) is 5.82 Å². The van der Waals surface area contributed by atoms with E-state index in [1.165, 1.54) is 18.1 Å². The van der Waals surface area contributed by atoms with Crippen molar-refractivity contribution < 1.29 is 28.2 Å². The molecule has 3 rings (SSSR count). The number of hydrogen-bond donors (Lipinski definition) is 0. The lowest BCUT2D eigenvalue weighted by Gasteiger charge is -2.16. The van der Waals surface area contributed by atoms with E-state index in [9.17, 15) is 18.8 Å². The zero-order chi connectivity index (χ0) is 22.4. The van der Waals surface area contributed by atoms with Gasteiger partial charge >= 0.3 is 11.9 Å². The molecular weight excluding hydrogens is 423 g/mol. The fourth-order valence-electron chi connectivity index (χ4n) is 2.69. The SMILES string of the molecule is CCOC(=O)c1ccc(N=C2SC(=CC(=O)OC)C(=O)N2Cc2ccccc2F)cc1. The molecule has 160 valence electrons. The van der Waals surface area contributed by atoms with E-state index in [0.717, 1.165) is 17.8 Å². The number of carbonyl (C=O) groups is 3. The van der Waals surface area contributed by atoms with Crippen LogP contribution in [0.3, 0.4) is 0 Å². The summed E-state index contributed by atoms with van der Waals surface area (Å²) in [5.41, 5.74) is 1.15. The fourth-order valence-corrected chi connectivity index (χ4v) is 3.65. The summed E-state index contributed by atoms with van der Waals surface area (Å²) in [5, 5.41) is 0.271. The second kappa shape index (κ2) is 10.0. The zero-order valence-corrected chi connectivity index (χ0v) is 17.6. The van der Waals surface area contributed by atoms with Crippen LogP contribution in [0.15, 0.2) is 64.5 Å². The summed E-state index contributed by atoms with van der Waals surface area (Å²) in [4.78, 5) is 42.1. The van der Waals surface area contributed by atoms with Crippen LogP contribution in [-0.4, -0.2) is 41.6 Å². The van der Waals surface area contributed by atoms with Crippen LogP contribution in [0.5, 0.6) is 0 Å². The lowest BCUT2D eigenvalue weighted by Crippen LogP contribution is -2.29. The van der Waals surface area contributed by atoms with Crippen molar-refractivity contribution in [3.8, 4) is 0 Å². The summed E-state index contributed by atoms with van der Waals surface area (Å²) < 4.78 is 23.7. The predicted molar refractivity (Wildman–Crippen MR) is 114 cm³/mol. The van der Waals surface area contributed by atoms with E-state index in [0.29, 0.717) is 16.8 Å². The molecule has 2 aromatic rings. The molecule has 0 saturated carbocycles. The van der Waals surface area contributed by atoms with Crippen molar-refractivity contribution in [2.24, 2.45) is 4.99 Å². The second-order valence-electron chi connectivity index (χ2n) is 6.28. The van der Waals surface area contributed by atoms with Crippen molar-refractivity contribution in [3.63, 3.8) is 0 Å². The van der Waals surface area contributed by atoms with Crippen molar-refractivity contribution in [2.45, 2.75) is 13.5 Å². The number of methoxy groups -OCH3 is 1. The summed E-state index contributed by atoms with van der Waals surface area (Å²) in [6.07, 6.45) is 1.08. The van der Waals surface area contributed by atoms with Gasteiger partial charge in [0.05, 0.1) is 36.4 Å². The molecule has 1 saturated heterocycles. The van der Waals surface area contributed by atoms with Gasteiger partial charge in [-0.25, -0.2) is 19.0 Å². The largest absolute Gasteiger partial charge is 0.466 e. The van der Waals surface area contributed by atoms with E-state index in [1.807, 2.05) is 0 Å². The van der Waals surface area contributed by atoms with Crippen molar-refractivity contribution in [3.05, 3.63) is 76.5 Å². The lowest BCUT2D eigenvalue weighted by atomic mass is 10.2. The molecule has 7 nitrogen and oxygen atoms in total. The summed E-state index contributed by atoms with van der Waals surface area (Å²) >= 11 is 0.982. The fraction of sp³-hybridized carbons (Fsp3) is 0.182. The monoisotopic (exact) mass is 442 g/mol. The van der Waals surface area contributed by atoms with Crippen LogP contribution in [0.25, 0.3) is 0 Å². The first kappa shape index (κ1) is 22.2. The number of thioether (sulfide) groups is 1. The Bertz CT molecular complexity index is 1070. The Morgan fingerprint density at radius 1 is 1.16 bits per heavy atom. The van der Waals surface area contributed by atoms with E-state index in [4.69, 9.17) is 4.74 Å². The molecule has 31 heavy (non-hydrogen) atoms. The van der Waals surface area contributed by atoms with Crippen LogP contribution in [0.4, 0.5) is 10.1 Å². The maximum Gasteiger partial charge on any atom is 0.338 e. The molecular formula is C22H19FN2O5S. The number of hydrogen-bond acceptors (Lipinski definition) is 7. The summed E-state index contributed by atoms with van der Waals surface area (Å²) in [6.45, 7) is 1.93. The number of carbonyl (C=O) groups excluding carboxylic acids is 3. The molecule has 2 aromatic carbocycles. The Kier molecular flexibility index (Phi) is 7.19. The molecule has 0 bridgehead atoms. The molecule has 0 atom stereocenters. The molecule has 0 aromatic heterocycles. The van der Waals surface area contributed by atoms with Gasteiger partial charge in [0, 0.05) is 11.6 Å². The number of esters is 2. The van der Waals surface area contributed by atoms with Crippen molar-refractivity contribution in [1.82, 2.24) is 4.90 Å². The van der Waals surface area contributed by atoms with Crippen LogP contribution in [0.2, 0.25) is 0 Å². The van der Waals surface area contributed by atoms with E-state index in [2.05, 4.69) is 9.73 Å². The van der Waals surface area contributed by atoms with Crippen molar-refractivity contribution in [2.75, 3.05) is 13.7 Å². The number of benzene rings is 2. The quantitative estimate of drug-likeness (QED) is 0.499. The number of amides is 1. The van der Waals surface area contributed by atoms with Gasteiger partial charge in [0.25, 0.3) is 5.91 Å². The number of halogens is 1. The van der Waals surface area contributed by atoms with Gasteiger partial charge in [0.1, 0.15) is 5.82 Å². The smallest absolute Gasteiger partial charge is 0.338 e. The third-order valence-electron chi connectivity index (χ3n) is 4.23. The predicted octanol–water partition coefficient (Wildman–Crippen LogP) is 3.82. The lowest BCUT2D eigenvalue weighted by molar-refractivity contribution is -0.135. The standard InChI is InChI=1S/C22H19FN2O5S/c1-3-30-21(28)14-8-10-16(11-9-14)24-22-25(13-15-6-4-5-7-17(15)23)20(27)18(31-22)12-19(26)29-2/h4-12H,3,13H2,1-2H3. The summed E-state index contributed by atoms with van der Waals surface area (Å²) in [5.74, 6) is -2.07. The first-order valence-electron chi connectivity index (χ1n) is 9.31. The maximum atomic E-state index is 14.2. The number of aliphatic imine (C=N–C) groups is 1. The second-order valence-corrected chi connectivity index (χ2v) is 7.29. The highest BCUT2D eigenvalue weighted by Crippen LogP contribution is 2.34. The Morgan fingerprint density at radius 3 is 2.52 bits per heavy atom. The Labute approximate surface area is 182 Å². The van der Waals surface area contributed by atoms with Crippen molar-refractivity contribution in [1.29, 1.82) is 0 Å². The molecule has 0 spiro atoms.